The molecule has 0 radical (unpaired) electrons. The first-order valence-electron chi connectivity index (χ1n) is 6.33. The Morgan fingerprint density at radius 1 is 1.38 bits per heavy atom. The van der Waals surface area contributed by atoms with Gasteiger partial charge < -0.3 is 14.1 Å². The fourth-order valence-corrected chi connectivity index (χ4v) is 2.24. The van der Waals surface area contributed by atoms with Crippen molar-refractivity contribution in [3.8, 4) is 0 Å². The molecular formula is C15H12BrN3O2. The number of fused-ring (bicyclic) bond motifs is 1. The van der Waals surface area contributed by atoms with E-state index in [1.54, 1.807) is 24.5 Å². The highest BCUT2D eigenvalue weighted by atomic mass is 79.9. The van der Waals surface area contributed by atoms with Crippen LogP contribution in [0.15, 0.2) is 57.9 Å². The first-order chi connectivity index (χ1) is 10.2. The monoisotopic (exact) mass is 345 g/mol. The van der Waals surface area contributed by atoms with Crippen molar-refractivity contribution < 1.29 is 9.21 Å². The van der Waals surface area contributed by atoms with E-state index in [0.29, 0.717) is 12.3 Å². The second-order valence-electron chi connectivity index (χ2n) is 4.41. The summed E-state index contributed by atoms with van der Waals surface area (Å²) in [6, 6.07) is 7.39. The van der Waals surface area contributed by atoms with Gasteiger partial charge in [0, 0.05) is 22.9 Å². The zero-order valence-electron chi connectivity index (χ0n) is 11.0. The summed E-state index contributed by atoms with van der Waals surface area (Å²) in [5.41, 5.74) is 1.64. The maximum Gasteiger partial charge on any atom is 0.244 e. The van der Waals surface area contributed by atoms with Gasteiger partial charge in [0.05, 0.1) is 18.5 Å². The largest absolute Gasteiger partial charge is 0.465 e. The molecule has 0 saturated carbocycles. The topological polar surface area (TPSA) is 59.5 Å². The minimum Gasteiger partial charge on any atom is -0.465 e. The van der Waals surface area contributed by atoms with Gasteiger partial charge in [0.25, 0.3) is 0 Å². The number of rotatable bonds is 4. The molecule has 0 aliphatic rings. The van der Waals surface area contributed by atoms with Crippen molar-refractivity contribution in [1.29, 1.82) is 0 Å². The van der Waals surface area contributed by atoms with Gasteiger partial charge in [-0.05, 0) is 46.3 Å². The Labute approximate surface area is 129 Å². The minimum absolute atomic E-state index is 0.190. The predicted octanol–water partition coefficient (Wildman–Crippen LogP) is 3.02. The summed E-state index contributed by atoms with van der Waals surface area (Å²) in [4.78, 5) is 16.1. The van der Waals surface area contributed by atoms with Crippen LogP contribution in [-0.2, 0) is 11.3 Å². The number of aromatic nitrogens is 2. The van der Waals surface area contributed by atoms with Crippen LogP contribution in [0, 0.1) is 0 Å². The molecule has 0 aliphatic heterocycles. The number of furan rings is 1. The van der Waals surface area contributed by atoms with Crippen molar-refractivity contribution in [2.45, 2.75) is 6.54 Å². The SMILES string of the molecule is O=C(/C=C/c1ccco1)NCc1cn2cc(Br)ccc2n1. The highest BCUT2D eigenvalue weighted by molar-refractivity contribution is 9.10. The molecule has 3 heterocycles. The lowest BCUT2D eigenvalue weighted by atomic mass is 10.4. The Balaban J connectivity index is 1.62. The van der Waals surface area contributed by atoms with Crippen LogP contribution in [0.4, 0.5) is 0 Å². The van der Waals surface area contributed by atoms with Crippen molar-refractivity contribution >= 4 is 33.6 Å². The summed E-state index contributed by atoms with van der Waals surface area (Å²) in [5.74, 6) is 0.451. The van der Waals surface area contributed by atoms with E-state index >= 15 is 0 Å². The first kappa shape index (κ1) is 13.6. The molecule has 0 spiro atoms. The van der Waals surface area contributed by atoms with Crippen molar-refractivity contribution in [1.82, 2.24) is 14.7 Å². The van der Waals surface area contributed by atoms with Crippen LogP contribution in [0.5, 0.6) is 0 Å². The fraction of sp³-hybridized carbons (Fsp3) is 0.0667. The number of pyridine rings is 1. The first-order valence-corrected chi connectivity index (χ1v) is 7.12. The number of hydrogen-bond donors (Lipinski definition) is 1. The van der Waals surface area contributed by atoms with Crippen LogP contribution in [-0.4, -0.2) is 15.3 Å². The zero-order valence-corrected chi connectivity index (χ0v) is 12.6. The third kappa shape index (κ3) is 3.41. The van der Waals surface area contributed by atoms with Gasteiger partial charge >= 0.3 is 0 Å². The lowest BCUT2D eigenvalue weighted by molar-refractivity contribution is -0.116. The molecule has 0 saturated heterocycles. The number of nitrogens with zero attached hydrogens (tertiary/aromatic N) is 2. The predicted molar refractivity (Wildman–Crippen MR) is 82.5 cm³/mol. The number of amides is 1. The summed E-state index contributed by atoms with van der Waals surface area (Å²) in [6.07, 6.45) is 8.43. The van der Waals surface area contributed by atoms with E-state index < -0.39 is 0 Å². The standard InChI is InChI=1S/C15H12BrN3O2/c16-11-3-5-14-18-12(10-19(14)9-11)8-17-15(20)6-4-13-2-1-7-21-13/h1-7,9-10H,8H2,(H,17,20)/b6-4+. The average Bonchev–Trinajstić information content (AvgIpc) is 3.11. The van der Waals surface area contributed by atoms with Crippen LogP contribution in [0.1, 0.15) is 11.5 Å². The number of carbonyl (C=O) groups excluding carboxylic acids is 1. The highest BCUT2D eigenvalue weighted by Crippen LogP contribution is 2.12. The molecule has 0 unspecified atom stereocenters. The molecule has 21 heavy (non-hydrogen) atoms. The maximum atomic E-state index is 11.7. The Kier molecular flexibility index (Phi) is 3.87. The van der Waals surface area contributed by atoms with Crippen LogP contribution >= 0.6 is 15.9 Å². The number of carbonyl (C=O) groups is 1. The molecule has 106 valence electrons. The van der Waals surface area contributed by atoms with E-state index in [-0.39, 0.29) is 5.91 Å². The molecule has 1 N–H and O–H groups in total. The van der Waals surface area contributed by atoms with Crippen molar-refractivity contribution in [2.75, 3.05) is 0 Å². The van der Waals surface area contributed by atoms with Gasteiger partial charge in [-0.2, -0.15) is 0 Å². The van der Waals surface area contributed by atoms with E-state index in [1.165, 1.54) is 6.08 Å². The molecule has 5 nitrogen and oxygen atoms in total. The fourth-order valence-electron chi connectivity index (χ4n) is 1.88. The molecule has 3 aromatic rings. The van der Waals surface area contributed by atoms with Gasteiger partial charge in [-0.1, -0.05) is 0 Å². The summed E-state index contributed by atoms with van der Waals surface area (Å²) < 4.78 is 7.99. The molecule has 3 rings (SSSR count). The molecule has 0 bridgehead atoms. The summed E-state index contributed by atoms with van der Waals surface area (Å²) in [5, 5.41) is 2.78. The van der Waals surface area contributed by atoms with E-state index in [4.69, 9.17) is 4.42 Å². The number of imidazole rings is 1. The molecule has 0 aromatic carbocycles. The molecule has 0 atom stereocenters. The summed E-state index contributed by atoms with van der Waals surface area (Å²) in [6.45, 7) is 0.376. The second kappa shape index (κ2) is 5.97. The molecule has 0 aliphatic carbocycles. The maximum absolute atomic E-state index is 11.7. The Morgan fingerprint density at radius 2 is 2.29 bits per heavy atom. The van der Waals surface area contributed by atoms with E-state index in [1.807, 2.05) is 28.9 Å². The molecular weight excluding hydrogens is 334 g/mol. The molecule has 3 aromatic heterocycles. The van der Waals surface area contributed by atoms with E-state index in [9.17, 15) is 4.79 Å². The van der Waals surface area contributed by atoms with Crippen LogP contribution in [0.25, 0.3) is 11.7 Å². The second-order valence-corrected chi connectivity index (χ2v) is 5.33. The minimum atomic E-state index is -0.190. The normalized spacial score (nSPS) is 11.3. The van der Waals surface area contributed by atoms with Crippen LogP contribution < -0.4 is 5.32 Å². The van der Waals surface area contributed by atoms with Crippen molar-refractivity contribution in [2.24, 2.45) is 0 Å². The quantitative estimate of drug-likeness (QED) is 0.739. The number of nitrogens with one attached hydrogen (secondary N) is 1. The Morgan fingerprint density at radius 3 is 3.10 bits per heavy atom. The Hall–Kier alpha value is -2.34. The van der Waals surface area contributed by atoms with Crippen molar-refractivity contribution in [3.05, 3.63) is 64.9 Å². The summed E-state index contributed by atoms with van der Waals surface area (Å²) >= 11 is 3.41. The third-order valence-corrected chi connectivity index (χ3v) is 3.32. The molecule has 1 amide bonds. The molecule has 6 heteroatoms. The molecule has 0 fully saturated rings. The van der Waals surface area contributed by atoms with Crippen LogP contribution in [0.2, 0.25) is 0 Å². The van der Waals surface area contributed by atoms with Gasteiger partial charge in [-0.25, -0.2) is 4.98 Å². The average molecular weight is 346 g/mol. The third-order valence-electron chi connectivity index (χ3n) is 2.85. The zero-order chi connectivity index (χ0) is 14.7. The number of halogens is 1. The van der Waals surface area contributed by atoms with Crippen molar-refractivity contribution in [3.63, 3.8) is 0 Å². The lowest BCUT2D eigenvalue weighted by Gasteiger charge is -1.97. The Bertz CT molecular complexity index is 790. The smallest absolute Gasteiger partial charge is 0.244 e. The van der Waals surface area contributed by atoms with E-state index in [2.05, 4.69) is 26.2 Å². The van der Waals surface area contributed by atoms with Crippen LogP contribution in [0.3, 0.4) is 0 Å². The summed E-state index contributed by atoms with van der Waals surface area (Å²) in [7, 11) is 0. The number of hydrogen-bond acceptors (Lipinski definition) is 3. The highest BCUT2D eigenvalue weighted by Gasteiger charge is 2.03. The van der Waals surface area contributed by atoms with Gasteiger partial charge in [-0.3, -0.25) is 4.79 Å². The van der Waals surface area contributed by atoms with Gasteiger partial charge in [0.1, 0.15) is 11.4 Å². The van der Waals surface area contributed by atoms with Gasteiger partial charge in [0.2, 0.25) is 5.91 Å². The van der Waals surface area contributed by atoms with Gasteiger partial charge in [-0.15, -0.1) is 0 Å². The van der Waals surface area contributed by atoms with E-state index in [0.717, 1.165) is 15.8 Å². The van der Waals surface area contributed by atoms with Gasteiger partial charge in [0.15, 0.2) is 0 Å². The lowest BCUT2D eigenvalue weighted by Crippen LogP contribution is -2.20.